The van der Waals surface area contributed by atoms with Gasteiger partial charge in [-0.1, -0.05) is 46.1 Å². The molecule has 2 aromatic rings. The van der Waals surface area contributed by atoms with Crippen molar-refractivity contribution >= 4 is 66.4 Å². The number of nitrogens with one attached hydrogen (secondary N) is 1. The maximum atomic E-state index is 6.16. The van der Waals surface area contributed by atoms with E-state index in [0.717, 1.165) is 36.8 Å². The maximum absolute atomic E-state index is 6.16. The molecular formula is C14H13Br2Cl2NS. The zero-order valence-electron chi connectivity index (χ0n) is 10.7. The molecule has 1 heterocycles. The minimum Gasteiger partial charge on any atom is -0.306 e. The molecule has 0 bridgehead atoms. The molecule has 1 aromatic heterocycles. The van der Waals surface area contributed by atoms with Gasteiger partial charge in [0.25, 0.3) is 0 Å². The van der Waals surface area contributed by atoms with E-state index < -0.39 is 0 Å². The fourth-order valence-corrected chi connectivity index (χ4v) is 4.66. The van der Waals surface area contributed by atoms with Gasteiger partial charge in [-0.05, 0) is 58.7 Å². The van der Waals surface area contributed by atoms with E-state index in [4.69, 9.17) is 23.2 Å². The van der Waals surface area contributed by atoms with Crippen LogP contribution in [0.5, 0.6) is 0 Å². The average Bonchev–Trinajstić information content (AvgIpc) is 2.69. The molecule has 0 aliphatic rings. The van der Waals surface area contributed by atoms with Crippen molar-refractivity contribution in [1.82, 2.24) is 5.32 Å². The second-order valence-corrected chi connectivity index (χ2v) is 8.52. The van der Waals surface area contributed by atoms with E-state index in [1.54, 1.807) is 11.3 Å². The van der Waals surface area contributed by atoms with Crippen LogP contribution in [0, 0.1) is 0 Å². The fraction of sp³-hybridized carbons (Fsp3) is 0.286. The van der Waals surface area contributed by atoms with Gasteiger partial charge in [-0.3, -0.25) is 0 Å². The molecule has 0 saturated heterocycles. The number of hydrogen-bond acceptors (Lipinski definition) is 2. The molecule has 1 nitrogen and oxygen atoms in total. The Hall–Kier alpha value is 0.420. The molecule has 108 valence electrons. The summed E-state index contributed by atoms with van der Waals surface area (Å²) in [5, 5.41) is 5.01. The molecule has 20 heavy (non-hydrogen) atoms. The Labute approximate surface area is 149 Å². The number of thiophene rings is 1. The molecule has 0 aliphatic heterocycles. The Kier molecular flexibility index (Phi) is 6.39. The summed E-state index contributed by atoms with van der Waals surface area (Å²) in [6, 6.07) is 8.05. The highest BCUT2D eigenvalue weighted by molar-refractivity contribution is 9.11. The van der Waals surface area contributed by atoms with E-state index in [2.05, 4.69) is 50.2 Å². The van der Waals surface area contributed by atoms with Gasteiger partial charge in [0.15, 0.2) is 0 Å². The van der Waals surface area contributed by atoms with E-state index in [9.17, 15) is 0 Å². The predicted molar refractivity (Wildman–Crippen MR) is 96.3 cm³/mol. The Balaban J connectivity index is 2.40. The summed E-state index contributed by atoms with van der Waals surface area (Å²) in [6.45, 7) is 3.08. The van der Waals surface area contributed by atoms with Crippen LogP contribution in [-0.4, -0.2) is 6.54 Å². The molecule has 2 rings (SSSR count). The SMILES string of the molecule is CCCNC(c1cc(Cl)cc(Br)c1)c1cc(Cl)c(Br)s1. The Morgan fingerprint density at radius 2 is 1.95 bits per heavy atom. The Morgan fingerprint density at radius 3 is 2.50 bits per heavy atom. The third-order valence-electron chi connectivity index (χ3n) is 2.77. The van der Waals surface area contributed by atoms with Gasteiger partial charge in [0.2, 0.25) is 0 Å². The van der Waals surface area contributed by atoms with Crippen molar-refractivity contribution in [3.05, 3.63) is 53.0 Å². The maximum Gasteiger partial charge on any atom is 0.0888 e. The molecule has 0 saturated carbocycles. The second kappa shape index (κ2) is 7.61. The van der Waals surface area contributed by atoms with Crippen LogP contribution in [0.15, 0.2) is 32.5 Å². The van der Waals surface area contributed by atoms with E-state index in [0.29, 0.717) is 0 Å². The van der Waals surface area contributed by atoms with Crippen LogP contribution in [0.1, 0.15) is 29.8 Å². The first kappa shape index (κ1) is 16.8. The number of rotatable bonds is 5. The molecular weight excluding hydrogens is 445 g/mol. The standard InChI is InChI=1S/C14H13Br2Cl2NS/c1-2-3-19-13(12-7-11(18)14(16)20-12)8-4-9(15)6-10(17)5-8/h4-7,13,19H,2-3H2,1H3. The van der Waals surface area contributed by atoms with Gasteiger partial charge >= 0.3 is 0 Å². The lowest BCUT2D eigenvalue weighted by atomic mass is 10.1. The van der Waals surface area contributed by atoms with Crippen LogP contribution >= 0.6 is 66.4 Å². The fourth-order valence-electron chi connectivity index (χ4n) is 1.92. The minimum absolute atomic E-state index is 0.0961. The zero-order valence-corrected chi connectivity index (χ0v) is 16.2. The third-order valence-corrected chi connectivity index (χ3v) is 5.98. The van der Waals surface area contributed by atoms with E-state index >= 15 is 0 Å². The smallest absolute Gasteiger partial charge is 0.0888 e. The third kappa shape index (κ3) is 4.21. The monoisotopic (exact) mass is 455 g/mol. The van der Waals surface area contributed by atoms with Crippen molar-refractivity contribution in [3.63, 3.8) is 0 Å². The molecule has 1 N–H and O–H groups in total. The molecule has 1 aromatic carbocycles. The number of halogens is 4. The van der Waals surface area contributed by atoms with Crippen molar-refractivity contribution in [2.24, 2.45) is 0 Å². The summed E-state index contributed by atoms with van der Waals surface area (Å²) in [5.41, 5.74) is 1.13. The van der Waals surface area contributed by atoms with Gasteiger partial charge in [0.05, 0.1) is 14.9 Å². The molecule has 0 spiro atoms. The van der Waals surface area contributed by atoms with Crippen LogP contribution in [-0.2, 0) is 0 Å². The zero-order chi connectivity index (χ0) is 14.7. The molecule has 0 amide bonds. The van der Waals surface area contributed by atoms with Gasteiger partial charge in [0, 0.05) is 14.4 Å². The van der Waals surface area contributed by atoms with Crippen molar-refractivity contribution < 1.29 is 0 Å². The lowest BCUT2D eigenvalue weighted by Crippen LogP contribution is -2.22. The second-order valence-electron chi connectivity index (χ2n) is 4.36. The van der Waals surface area contributed by atoms with Crippen molar-refractivity contribution in [2.45, 2.75) is 19.4 Å². The van der Waals surface area contributed by atoms with Gasteiger partial charge in [-0.15, -0.1) is 11.3 Å². The lowest BCUT2D eigenvalue weighted by molar-refractivity contribution is 0.606. The van der Waals surface area contributed by atoms with Gasteiger partial charge in [-0.2, -0.15) is 0 Å². The summed E-state index contributed by atoms with van der Waals surface area (Å²) < 4.78 is 1.93. The quantitative estimate of drug-likeness (QED) is 0.528. The van der Waals surface area contributed by atoms with Gasteiger partial charge in [0.1, 0.15) is 0 Å². The van der Waals surface area contributed by atoms with Crippen molar-refractivity contribution in [2.75, 3.05) is 6.54 Å². The number of benzene rings is 1. The van der Waals surface area contributed by atoms with Crippen LogP contribution in [0.3, 0.4) is 0 Å². The molecule has 0 radical (unpaired) electrons. The first-order valence-electron chi connectivity index (χ1n) is 6.15. The normalized spacial score (nSPS) is 12.7. The van der Waals surface area contributed by atoms with Crippen molar-refractivity contribution in [3.8, 4) is 0 Å². The largest absolute Gasteiger partial charge is 0.306 e. The minimum atomic E-state index is 0.0961. The molecule has 6 heteroatoms. The number of hydrogen-bond donors (Lipinski definition) is 1. The van der Waals surface area contributed by atoms with Gasteiger partial charge in [-0.25, -0.2) is 0 Å². The average molecular weight is 458 g/mol. The summed E-state index contributed by atoms with van der Waals surface area (Å²) in [4.78, 5) is 1.17. The van der Waals surface area contributed by atoms with Crippen LogP contribution in [0.2, 0.25) is 10.0 Å². The van der Waals surface area contributed by atoms with Crippen LogP contribution < -0.4 is 5.32 Å². The summed E-state index contributed by atoms with van der Waals surface area (Å²) in [7, 11) is 0. The summed E-state index contributed by atoms with van der Waals surface area (Å²) in [5.74, 6) is 0. The highest BCUT2D eigenvalue weighted by atomic mass is 79.9. The summed E-state index contributed by atoms with van der Waals surface area (Å²) >= 11 is 20.9. The molecule has 0 fully saturated rings. The van der Waals surface area contributed by atoms with Crippen LogP contribution in [0.4, 0.5) is 0 Å². The van der Waals surface area contributed by atoms with Crippen molar-refractivity contribution in [1.29, 1.82) is 0 Å². The van der Waals surface area contributed by atoms with Crippen LogP contribution in [0.25, 0.3) is 0 Å². The van der Waals surface area contributed by atoms with Gasteiger partial charge < -0.3 is 5.32 Å². The predicted octanol–water partition coefficient (Wildman–Crippen LogP) is 6.67. The Bertz CT molecular complexity index is 561. The highest BCUT2D eigenvalue weighted by Crippen LogP contribution is 2.38. The first-order chi connectivity index (χ1) is 9.51. The summed E-state index contributed by atoms with van der Waals surface area (Å²) in [6.07, 6.45) is 1.07. The Morgan fingerprint density at radius 1 is 1.20 bits per heavy atom. The first-order valence-corrected chi connectivity index (χ1v) is 9.31. The lowest BCUT2D eigenvalue weighted by Gasteiger charge is -2.18. The highest BCUT2D eigenvalue weighted by Gasteiger charge is 2.18. The molecule has 1 atom stereocenters. The molecule has 1 unspecified atom stereocenters. The topological polar surface area (TPSA) is 12.0 Å². The van der Waals surface area contributed by atoms with E-state index in [-0.39, 0.29) is 6.04 Å². The van der Waals surface area contributed by atoms with E-state index in [1.807, 2.05) is 18.2 Å². The van der Waals surface area contributed by atoms with E-state index in [1.165, 1.54) is 4.88 Å². The molecule has 0 aliphatic carbocycles.